The molecule has 0 atom stereocenters. The monoisotopic (exact) mass is 452 g/mol. The highest BCUT2D eigenvalue weighted by Gasteiger charge is 2.39. The van der Waals surface area contributed by atoms with Gasteiger partial charge in [0.15, 0.2) is 0 Å². The van der Waals surface area contributed by atoms with E-state index in [4.69, 9.17) is 81.2 Å². The maximum Gasteiger partial charge on any atom is 0.201 e. The summed E-state index contributed by atoms with van der Waals surface area (Å²) >= 11 is 42.0. The van der Waals surface area contributed by atoms with Crippen LogP contribution in [0.3, 0.4) is 0 Å². The van der Waals surface area contributed by atoms with Crippen molar-refractivity contribution in [2.75, 3.05) is 0 Å². The molecule has 0 aliphatic heterocycles. The highest BCUT2D eigenvalue weighted by atomic mass is 35.6. The molecule has 0 radical (unpaired) electrons. The Morgan fingerprint density at radius 2 is 1.04 bits per heavy atom. The van der Waals surface area contributed by atoms with E-state index in [-0.39, 0.29) is 42.7 Å². The third kappa shape index (κ3) is 4.19. The van der Waals surface area contributed by atoms with E-state index in [9.17, 15) is 10.2 Å². The van der Waals surface area contributed by atoms with Crippen LogP contribution in [0.2, 0.25) is 20.1 Å². The normalized spacial score (nSPS) is 12.0. The Kier molecular flexibility index (Phi) is 6.01. The van der Waals surface area contributed by atoms with Crippen molar-refractivity contribution in [3.63, 3.8) is 0 Å². The van der Waals surface area contributed by atoms with Gasteiger partial charge in [-0.1, -0.05) is 81.2 Å². The molecule has 0 amide bonds. The zero-order valence-electron chi connectivity index (χ0n) is 10.9. The summed E-state index contributed by atoms with van der Waals surface area (Å²) < 4.78 is -1.96. The number of rotatable bonds is 2. The summed E-state index contributed by atoms with van der Waals surface area (Å²) in [6, 6.07) is 5.43. The smallest absolute Gasteiger partial charge is 0.201 e. The molecule has 0 saturated heterocycles. The number of phenols is 2. The Morgan fingerprint density at radius 3 is 1.35 bits per heavy atom. The Hall–Kier alpha value is 0.0700. The molecule has 0 fully saturated rings. The summed E-state index contributed by atoms with van der Waals surface area (Å²) in [7, 11) is 0. The number of halogens is 7. The topological polar surface area (TPSA) is 40.5 Å². The lowest BCUT2D eigenvalue weighted by molar-refractivity contribution is 0.454. The molecule has 2 aromatic carbocycles. The van der Waals surface area contributed by atoms with Crippen LogP contribution in [0.4, 0.5) is 0 Å². The lowest BCUT2D eigenvalue weighted by atomic mass is 9.91. The van der Waals surface area contributed by atoms with E-state index >= 15 is 0 Å². The molecule has 0 spiro atoms. The third-order valence-electron chi connectivity index (χ3n) is 3.06. The Morgan fingerprint density at radius 1 is 0.696 bits per heavy atom. The van der Waals surface area contributed by atoms with Gasteiger partial charge in [0.25, 0.3) is 0 Å². The second-order valence-corrected chi connectivity index (χ2v) is 8.68. The lowest BCUT2D eigenvalue weighted by Crippen LogP contribution is -2.19. The zero-order chi connectivity index (χ0) is 17.5. The van der Waals surface area contributed by atoms with Crippen molar-refractivity contribution in [3.05, 3.63) is 55.5 Å². The van der Waals surface area contributed by atoms with Crippen molar-refractivity contribution in [3.8, 4) is 11.5 Å². The molecule has 23 heavy (non-hydrogen) atoms. The molecule has 0 heterocycles. The summed E-state index contributed by atoms with van der Waals surface area (Å²) in [5.41, 5.74) is 0.215. The van der Waals surface area contributed by atoms with Crippen LogP contribution < -0.4 is 0 Å². The fraction of sp³-hybridized carbons (Fsp3) is 0.143. The quantitative estimate of drug-likeness (QED) is 0.470. The summed E-state index contributed by atoms with van der Waals surface area (Å²) in [6.45, 7) is 0. The first-order chi connectivity index (χ1) is 10.5. The number of aromatic hydroxyl groups is 2. The molecule has 0 unspecified atom stereocenters. The van der Waals surface area contributed by atoms with Gasteiger partial charge in [0.05, 0.1) is 16.0 Å². The van der Waals surface area contributed by atoms with Crippen LogP contribution in [0.1, 0.15) is 17.0 Å². The van der Waals surface area contributed by atoms with Crippen molar-refractivity contribution < 1.29 is 10.2 Å². The van der Waals surface area contributed by atoms with Crippen LogP contribution in [-0.4, -0.2) is 14.0 Å². The number of benzene rings is 2. The van der Waals surface area contributed by atoms with Crippen LogP contribution in [0.5, 0.6) is 11.5 Å². The Labute approximate surface area is 167 Å². The third-order valence-corrected chi connectivity index (χ3v) is 4.73. The van der Waals surface area contributed by atoms with Gasteiger partial charge in [-0.2, -0.15) is 0 Å². The summed E-state index contributed by atoms with van der Waals surface area (Å²) in [5, 5.41) is 20.8. The fourth-order valence-corrected chi connectivity index (χ4v) is 3.86. The van der Waals surface area contributed by atoms with E-state index in [1.807, 2.05) is 0 Å². The van der Waals surface area contributed by atoms with Gasteiger partial charge in [0, 0.05) is 21.2 Å². The summed E-state index contributed by atoms with van der Waals surface area (Å²) in [5.74, 6) is -1.79. The van der Waals surface area contributed by atoms with Crippen molar-refractivity contribution in [2.24, 2.45) is 0 Å². The van der Waals surface area contributed by atoms with E-state index in [2.05, 4.69) is 0 Å². The minimum Gasteiger partial charge on any atom is -0.506 e. The SMILES string of the molecule is Oc1c(Cl)cc(Cl)cc1C(c1cc(Cl)cc(Cl)c1O)C(Cl)(Cl)Cl. The predicted molar refractivity (Wildman–Crippen MR) is 98.4 cm³/mol. The first kappa shape index (κ1) is 19.4. The Balaban J connectivity index is 2.80. The molecule has 0 aliphatic carbocycles. The highest BCUT2D eigenvalue weighted by Crippen LogP contribution is 2.53. The van der Waals surface area contributed by atoms with Crippen molar-refractivity contribution in [2.45, 2.75) is 9.71 Å². The molecule has 0 aromatic heterocycles. The number of hydrogen-bond donors (Lipinski definition) is 2. The minimum absolute atomic E-state index is 0.0284. The van der Waals surface area contributed by atoms with E-state index < -0.39 is 9.71 Å². The molecule has 124 valence electrons. The van der Waals surface area contributed by atoms with Crippen LogP contribution >= 0.6 is 81.2 Å². The average molecular weight is 455 g/mol. The molecule has 2 rings (SSSR count). The molecule has 0 aliphatic rings. The van der Waals surface area contributed by atoms with E-state index in [0.29, 0.717) is 0 Å². The van der Waals surface area contributed by atoms with Crippen LogP contribution in [0, 0.1) is 0 Å². The second-order valence-electron chi connectivity index (χ2n) is 4.63. The summed E-state index contributed by atoms with van der Waals surface area (Å²) in [6.07, 6.45) is 0. The second kappa shape index (κ2) is 7.13. The van der Waals surface area contributed by atoms with Gasteiger partial charge in [0.1, 0.15) is 11.5 Å². The first-order valence-electron chi connectivity index (χ1n) is 5.95. The maximum atomic E-state index is 10.2. The number of alkyl halides is 3. The van der Waals surface area contributed by atoms with Crippen molar-refractivity contribution in [1.29, 1.82) is 0 Å². The molecule has 0 saturated carbocycles. The molecule has 2 aromatic rings. The minimum atomic E-state index is -1.96. The van der Waals surface area contributed by atoms with E-state index in [1.165, 1.54) is 24.3 Å². The van der Waals surface area contributed by atoms with Gasteiger partial charge in [0.2, 0.25) is 3.79 Å². The molecule has 9 heteroatoms. The van der Waals surface area contributed by atoms with Gasteiger partial charge in [-0.05, 0) is 24.3 Å². The molecular weight excluding hydrogens is 448 g/mol. The fourth-order valence-electron chi connectivity index (χ4n) is 2.13. The molecule has 2 nitrogen and oxygen atoms in total. The molecule has 2 N–H and O–H groups in total. The number of phenolic OH excluding ortho intramolecular Hbond substituents is 2. The van der Waals surface area contributed by atoms with Crippen molar-refractivity contribution >= 4 is 81.2 Å². The summed E-state index contributed by atoms with van der Waals surface area (Å²) in [4.78, 5) is 0. The largest absolute Gasteiger partial charge is 0.506 e. The van der Waals surface area contributed by atoms with Gasteiger partial charge in [-0.25, -0.2) is 0 Å². The van der Waals surface area contributed by atoms with Crippen molar-refractivity contribution in [1.82, 2.24) is 0 Å². The van der Waals surface area contributed by atoms with Crippen LogP contribution in [0.15, 0.2) is 24.3 Å². The van der Waals surface area contributed by atoms with Gasteiger partial charge < -0.3 is 10.2 Å². The van der Waals surface area contributed by atoms with E-state index in [0.717, 1.165) is 0 Å². The van der Waals surface area contributed by atoms with Gasteiger partial charge in [-0.3, -0.25) is 0 Å². The first-order valence-corrected chi connectivity index (χ1v) is 8.59. The van der Waals surface area contributed by atoms with Crippen LogP contribution in [0.25, 0.3) is 0 Å². The molecular formula is C14H7Cl7O2. The number of hydrogen-bond acceptors (Lipinski definition) is 2. The van der Waals surface area contributed by atoms with E-state index in [1.54, 1.807) is 0 Å². The standard InChI is InChI=1S/C14H7Cl7O2/c15-5-1-7(12(22)9(17)3-5)11(14(19,20)21)8-2-6(16)4-10(18)13(8)23/h1-4,11,22-23H. The maximum absolute atomic E-state index is 10.2. The Bertz CT molecular complexity index is 698. The lowest BCUT2D eigenvalue weighted by Gasteiger charge is -2.27. The van der Waals surface area contributed by atoms with Crippen LogP contribution in [-0.2, 0) is 0 Å². The highest BCUT2D eigenvalue weighted by molar-refractivity contribution is 6.68. The average Bonchev–Trinajstić information content (AvgIpc) is 2.39. The molecule has 0 bridgehead atoms. The van der Waals surface area contributed by atoms with Gasteiger partial charge in [-0.15, -0.1) is 0 Å². The van der Waals surface area contributed by atoms with Gasteiger partial charge >= 0.3 is 0 Å². The predicted octanol–water partition coefficient (Wildman–Crippen LogP) is 7.21. The zero-order valence-corrected chi connectivity index (χ0v) is 16.2.